The van der Waals surface area contributed by atoms with Crippen molar-refractivity contribution in [3.63, 3.8) is 0 Å². The summed E-state index contributed by atoms with van der Waals surface area (Å²) in [6.45, 7) is 4.18. The van der Waals surface area contributed by atoms with Gasteiger partial charge in [-0.3, -0.25) is 9.89 Å². The highest BCUT2D eigenvalue weighted by Gasteiger charge is 2.11. The van der Waals surface area contributed by atoms with Gasteiger partial charge in [-0.1, -0.05) is 44.4 Å². The lowest BCUT2D eigenvalue weighted by Gasteiger charge is -1.99. The number of unbranched alkanes of at least 4 members (excludes halogenated alkanes) is 3. The lowest BCUT2D eigenvalue weighted by Crippen LogP contribution is -2.17. The van der Waals surface area contributed by atoms with Gasteiger partial charge < -0.3 is 0 Å². The zero-order valence-electron chi connectivity index (χ0n) is 11.8. The minimum Gasteiger partial charge on any atom is -0.295 e. The summed E-state index contributed by atoms with van der Waals surface area (Å²) < 4.78 is 1.64. The molecule has 0 saturated heterocycles. The number of hydrogen-bond donors (Lipinski definition) is 1. The van der Waals surface area contributed by atoms with Gasteiger partial charge in [0.15, 0.2) is 0 Å². The molecular weight excluding hydrogens is 236 g/mol. The van der Waals surface area contributed by atoms with Crippen molar-refractivity contribution < 1.29 is 0 Å². The first-order chi connectivity index (χ1) is 9.24. The van der Waals surface area contributed by atoms with Crippen LogP contribution in [-0.2, 0) is 6.42 Å². The molecule has 0 atom stereocenters. The predicted octanol–water partition coefficient (Wildman–Crippen LogP) is 3.60. The number of nitrogens with zero attached hydrogens (tertiary/aromatic N) is 1. The fourth-order valence-corrected chi connectivity index (χ4v) is 2.36. The Labute approximate surface area is 114 Å². The van der Waals surface area contributed by atoms with E-state index < -0.39 is 0 Å². The van der Waals surface area contributed by atoms with Crippen molar-refractivity contribution in [2.45, 2.75) is 46.0 Å². The van der Waals surface area contributed by atoms with E-state index in [4.69, 9.17) is 0 Å². The van der Waals surface area contributed by atoms with Crippen LogP contribution in [0.1, 0.15) is 43.9 Å². The molecule has 0 fully saturated rings. The summed E-state index contributed by atoms with van der Waals surface area (Å²) in [6.07, 6.45) is 5.64. The number of nitrogens with one attached hydrogen (secondary N) is 1. The Morgan fingerprint density at radius 1 is 1.11 bits per heavy atom. The number of H-pyrrole nitrogens is 1. The maximum atomic E-state index is 12.4. The second kappa shape index (κ2) is 6.41. The van der Waals surface area contributed by atoms with Crippen LogP contribution in [0.2, 0.25) is 0 Å². The Morgan fingerprint density at radius 2 is 1.84 bits per heavy atom. The summed E-state index contributed by atoms with van der Waals surface area (Å²) in [5, 5.41) is 3.17. The molecule has 0 aliphatic heterocycles. The number of para-hydroxylation sites is 1. The van der Waals surface area contributed by atoms with Crippen molar-refractivity contribution in [3.8, 4) is 5.69 Å². The van der Waals surface area contributed by atoms with Gasteiger partial charge in [-0.25, -0.2) is 4.68 Å². The number of aromatic amines is 1. The van der Waals surface area contributed by atoms with E-state index in [0.29, 0.717) is 0 Å². The molecule has 0 aliphatic rings. The molecule has 102 valence electrons. The maximum Gasteiger partial charge on any atom is 0.274 e. The normalized spacial score (nSPS) is 10.8. The minimum absolute atomic E-state index is 0.0974. The van der Waals surface area contributed by atoms with Crippen LogP contribution < -0.4 is 5.56 Å². The molecular formula is C16H22N2O. The predicted molar refractivity (Wildman–Crippen MR) is 79.0 cm³/mol. The van der Waals surface area contributed by atoms with Crippen LogP contribution in [0.4, 0.5) is 0 Å². The van der Waals surface area contributed by atoms with Gasteiger partial charge in [-0.15, -0.1) is 0 Å². The van der Waals surface area contributed by atoms with Crippen LogP contribution in [-0.4, -0.2) is 9.78 Å². The van der Waals surface area contributed by atoms with Gasteiger partial charge >= 0.3 is 0 Å². The zero-order valence-corrected chi connectivity index (χ0v) is 11.8. The van der Waals surface area contributed by atoms with Gasteiger partial charge in [0, 0.05) is 11.3 Å². The van der Waals surface area contributed by atoms with E-state index in [1.165, 1.54) is 19.3 Å². The van der Waals surface area contributed by atoms with E-state index in [1.54, 1.807) is 4.68 Å². The molecule has 19 heavy (non-hydrogen) atoms. The lowest BCUT2D eigenvalue weighted by molar-refractivity contribution is 0.664. The van der Waals surface area contributed by atoms with E-state index >= 15 is 0 Å². The quantitative estimate of drug-likeness (QED) is 0.790. The lowest BCUT2D eigenvalue weighted by atomic mass is 10.1. The summed E-state index contributed by atoms with van der Waals surface area (Å²) in [5.41, 5.74) is 2.92. The second-order valence-corrected chi connectivity index (χ2v) is 5.00. The van der Waals surface area contributed by atoms with Crippen LogP contribution in [0, 0.1) is 6.92 Å². The number of aryl methyl sites for hydroxylation is 1. The molecule has 2 rings (SSSR count). The van der Waals surface area contributed by atoms with Crippen molar-refractivity contribution in [2.75, 3.05) is 0 Å². The molecule has 1 N–H and O–H groups in total. The molecule has 0 amide bonds. The molecule has 1 aromatic heterocycles. The summed E-state index contributed by atoms with van der Waals surface area (Å²) in [4.78, 5) is 12.4. The molecule has 0 radical (unpaired) electrons. The van der Waals surface area contributed by atoms with Gasteiger partial charge in [0.2, 0.25) is 0 Å². The monoisotopic (exact) mass is 258 g/mol. The molecule has 2 aromatic rings. The third kappa shape index (κ3) is 3.16. The highest BCUT2D eigenvalue weighted by atomic mass is 16.1. The highest BCUT2D eigenvalue weighted by Crippen LogP contribution is 2.10. The van der Waals surface area contributed by atoms with Gasteiger partial charge in [0.25, 0.3) is 5.56 Å². The topological polar surface area (TPSA) is 37.8 Å². The zero-order chi connectivity index (χ0) is 13.7. The Hall–Kier alpha value is -1.77. The fourth-order valence-electron chi connectivity index (χ4n) is 2.36. The van der Waals surface area contributed by atoms with Crippen LogP contribution in [0.3, 0.4) is 0 Å². The third-order valence-corrected chi connectivity index (χ3v) is 3.49. The average molecular weight is 258 g/mol. The summed E-state index contributed by atoms with van der Waals surface area (Å²) in [5.74, 6) is 0. The standard InChI is InChI=1S/C16H22N2O/c1-3-4-5-9-12-15-13(2)17-18(16(15)19)14-10-7-6-8-11-14/h6-8,10-11,17H,3-5,9,12H2,1-2H3. The molecule has 0 bridgehead atoms. The number of hydrogen-bond acceptors (Lipinski definition) is 1. The Bertz CT molecular complexity index is 566. The first-order valence-corrected chi connectivity index (χ1v) is 7.10. The first kappa shape index (κ1) is 13.7. The molecule has 3 heteroatoms. The number of aromatic nitrogens is 2. The average Bonchev–Trinajstić information content (AvgIpc) is 2.72. The first-order valence-electron chi connectivity index (χ1n) is 7.10. The van der Waals surface area contributed by atoms with E-state index in [2.05, 4.69) is 12.0 Å². The molecule has 1 heterocycles. The molecule has 1 aromatic carbocycles. The molecule has 0 aliphatic carbocycles. The van der Waals surface area contributed by atoms with Crippen molar-refractivity contribution in [3.05, 3.63) is 51.9 Å². The van der Waals surface area contributed by atoms with Crippen LogP contribution in [0.5, 0.6) is 0 Å². The van der Waals surface area contributed by atoms with Gasteiger partial charge in [-0.05, 0) is 31.9 Å². The number of benzene rings is 1. The number of rotatable bonds is 6. The van der Waals surface area contributed by atoms with Crippen molar-refractivity contribution in [2.24, 2.45) is 0 Å². The smallest absolute Gasteiger partial charge is 0.274 e. The van der Waals surface area contributed by atoms with Gasteiger partial charge in [-0.2, -0.15) is 0 Å². The third-order valence-electron chi connectivity index (χ3n) is 3.49. The van der Waals surface area contributed by atoms with Crippen LogP contribution in [0.15, 0.2) is 35.1 Å². The maximum absolute atomic E-state index is 12.4. The fraction of sp³-hybridized carbons (Fsp3) is 0.438. The van der Waals surface area contributed by atoms with Crippen molar-refractivity contribution >= 4 is 0 Å². The van der Waals surface area contributed by atoms with Crippen LogP contribution in [0.25, 0.3) is 5.69 Å². The van der Waals surface area contributed by atoms with Gasteiger partial charge in [0.05, 0.1) is 5.69 Å². The summed E-state index contributed by atoms with van der Waals surface area (Å²) in [7, 11) is 0. The Morgan fingerprint density at radius 3 is 2.53 bits per heavy atom. The summed E-state index contributed by atoms with van der Waals surface area (Å²) >= 11 is 0. The van der Waals surface area contributed by atoms with E-state index in [0.717, 1.165) is 29.8 Å². The van der Waals surface area contributed by atoms with E-state index in [9.17, 15) is 4.79 Å². The SMILES string of the molecule is CCCCCCc1c(C)[nH]n(-c2ccccc2)c1=O. The molecule has 0 saturated carbocycles. The molecule has 0 unspecified atom stereocenters. The highest BCUT2D eigenvalue weighted by molar-refractivity contribution is 5.32. The van der Waals surface area contributed by atoms with Crippen LogP contribution >= 0.6 is 0 Å². The second-order valence-electron chi connectivity index (χ2n) is 5.00. The van der Waals surface area contributed by atoms with Crippen molar-refractivity contribution in [1.82, 2.24) is 9.78 Å². The molecule has 3 nitrogen and oxygen atoms in total. The summed E-state index contributed by atoms with van der Waals surface area (Å²) in [6, 6.07) is 9.73. The minimum atomic E-state index is 0.0974. The van der Waals surface area contributed by atoms with E-state index in [-0.39, 0.29) is 5.56 Å². The van der Waals surface area contributed by atoms with Crippen molar-refractivity contribution in [1.29, 1.82) is 0 Å². The van der Waals surface area contributed by atoms with Gasteiger partial charge in [0.1, 0.15) is 0 Å². The largest absolute Gasteiger partial charge is 0.295 e. The Kier molecular flexibility index (Phi) is 4.61. The van der Waals surface area contributed by atoms with E-state index in [1.807, 2.05) is 37.3 Å². The Balaban J connectivity index is 2.18. The molecule has 0 spiro atoms.